The van der Waals surface area contributed by atoms with Gasteiger partial charge in [0, 0.05) is 5.75 Å². The Morgan fingerprint density at radius 3 is 2.81 bits per heavy atom. The maximum Gasteiger partial charge on any atom is 0.316 e. The van der Waals surface area contributed by atoms with Gasteiger partial charge >= 0.3 is 6.03 Å². The van der Waals surface area contributed by atoms with Crippen molar-refractivity contribution in [1.82, 2.24) is 0 Å². The molecular weight excluding hydrogens is 232 g/mol. The SMILES string of the molecule is COc1ccc(CS(=O)[O-])cc1NC(N)=O. The number of ether oxygens (including phenoxy) is 1. The van der Waals surface area contributed by atoms with Crippen LogP contribution in [-0.2, 0) is 16.8 Å². The number of rotatable bonds is 4. The van der Waals surface area contributed by atoms with Crippen molar-refractivity contribution in [3.05, 3.63) is 23.8 Å². The molecule has 0 saturated carbocycles. The molecule has 1 aromatic carbocycles. The van der Waals surface area contributed by atoms with Crippen molar-refractivity contribution in [2.45, 2.75) is 5.75 Å². The highest BCUT2D eigenvalue weighted by Crippen LogP contribution is 2.25. The molecule has 0 aliphatic carbocycles. The van der Waals surface area contributed by atoms with Crippen LogP contribution in [0.3, 0.4) is 0 Å². The minimum absolute atomic E-state index is 0.128. The Kier molecular flexibility index (Phi) is 4.27. The highest BCUT2D eigenvalue weighted by Gasteiger charge is 2.06. The normalized spacial score (nSPS) is 11.9. The van der Waals surface area contributed by atoms with Crippen molar-refractivity contribution in [2.75, 3.05) is 12.4 Å². The molecule has 0 saturated heterocycles. The van der Waals surface area contributed by atoms with Crippen LogP contribution in [0.2, 0.25) is 0 Å². The Hall–Kier alpha value is -1.60. The Balaban J connectivity index is 3.00. The van der Waals surface area contributed by atoms with E-state index in [4.69, 9.17) is 10.5 Å². The van der Waals surface area contributed by atoms with Crippen molar-refractivity contribution in [3.8, 4) is 5.75 Å². The van der Waals surface area contributed by atoms with Gasteiger partial charge in [0.2, 0.25) is 0 Å². The highest BCUT2D eigenvalue weighted by molar-refractivity contribution is 7.78. The molecule has 0 radical (unpaired) electrons. The molecule has 3 N–H and O–H groups in total. The maximum absolute atomic E-state index is 10.7. The molecule has 88 valence electrons. The van der Waals surface area contributed by atoms with Crippen molar-refractivity contribution in [3.63, 3.8) is 0 Å². The minimum atomic E-state index is -2.18. The smallest absolute Gasteiger partial charge is 0.316 e. The largest absolute Gasteiger partial charge is 0.772 e. The Morgan fingerprint density at radius 1 is 1.62 bits per heavy atom. The molecule has 0 aromatic heterocycles. The summed E-state index contributed by atoms with van der Waals surface area (Å²) in [6.07, 6.45) is 0. The number of carbonyl (C=O) groups excluding carboxylic acids is 1. The number of urea groups is 1. The number of nitrogens with two attached hydrogens (primary N) is 1. The van der Waals surface area contributed by atoms with Gasteiger partial charge in [-0.15, -0.1) is 0 Å². The van der Waals surface area contributed by atoms with Crippen molar-refractivity contribution < 1.29 is 18.3 Å². The molecule has 0 aliphatic heterocycles. The van der Waals surface area contributed by atoms with Crippen molar-refractivity contribution in [1.29, 1.82) is 0 Å². The summed E-state index contributed by atoms with van der Waals surface area (Å²) in [5.74, 6) is 0.288. The quantitative estimate of drug-likeness (QED) is 0.754. The molecule has 2 amide bonds. The molecule has 16 heavy (non-hydrogen) atoms. The lowest BCUT2D eigenvalue weighted by Crippen LogP contribution is -2.19. The van der Waals surface area contributed by atoms with E-state index in [-0.39, 0.29) is 5.75 Å². The van der Waals surface area contributed by atoms with Gasteiger partial charge in [-0.1, -0.05) is 17.1 Å². The number of hydrogen-bond donors (Lipinski definition) is 2. The van der Waals surface area contributed by atoms with Crippen LogP contribution >= 0.6 is 0 Å². The van der Waals surface area contributed by atoms with Gasteiger partial charge in [0.15, 0.2) is 0 Å². The monoisotopic (exact) mass is 243 g/mol. The van der Waals surface area contributed by atoms with Crippen molar-refractivity contribution in [2.24, 2.45) is 5.73 Å². The van der Waals surface area contributed by atoms with E-state index in [1.807, 2.05) is 0 Å². The maximum atomic E-state index is 10.7. The number of carbonyl (C=O) groups is 1. The number of nitrogens with one attached hydrogen (secondary N) is 1. The number of methoxy groups -OCH3 is 1. The lowest BCUT2D eigenvalue weighted by Gasteiger charge is -2.11. The second-order valence-corrected chi connectivity index (χ2v) is 3.87. The molecule has 7 heteroatoms. The second kappa shape index (κ2) is 5.47. The molecule has 0 spiro atoms. The van der Waals surface area contributed by atoms with E-state index in [0.29, 0.717) is 17.0 Å². The summed E-state index contributed by atoms with van der Waals surface area (Å²) in [4.78, 5) is 10.7. The Bertz CT molecular complexity index is 422. The molecule has 1 aromatic rings. The first-order valence-corrected chi connectivity index (χ1v) is 5.56. The number of primary amides is 1. The highest BCUT2D eigenvalue weighted by atomic mass is 32.2. The van der Waals surface area contributed by atoms with Crippen LogP contribution in [0, 0.1) is 0 Å². The summed E-state index contributed by atoms with van der Waals surface area (Å²) in [7, 11) is 1.44. The lowest BCUT2D eigenvalue weighted by atomic mass is 10.2. The number of amides is 2. The minimum Gasteiger partial charge on any atom is -0.772 e. The zero-order valence-corrected chi connectivity index (χ0v) is 9.37. The Labute approximate surface area is 95.1 Å². The van der Waals surface area contributed by atoms with Gasteiger partial charge in [-0.25, -0.2) is 4.79 Å². The van der Waals surface area contributed by atoms with Gasteiger partial charge in [-0.3, -0.25) is 4.21 Å². The summed E-state index contributed by atoms with van der Waals surface area (Å²) in [6.45, 7) is 0. The van der Waals surface area contributed by atoms with Crippen LogP contribution in [0.1, 0.15) is 5.56 Å². The molecule has 1 unspecified atom stereocenters. The average Bonchev–Trinajstić information content (AvgIpc) is 2.16. The van der Waals surface area contributed by atoms with Gasteiger partial charge in [0.25, 0.3) is 0 Å². The summed E-state index contributed by atoms with van der Waals surface area (Å²) in [5.41, 5.74) is 5.86. The molecule has 0 bridgehead atoms. The topological polar surface area (TPSA) is 104 Å². The first-order chi connectivity index (χ1) is 7.52. The zero-order chi connectivity index (χ0) is 12.1. The van der Waals surface area contributed by atoms with Crippen LogP contribution in [0.4, 0.5) is 10.5 Å². The van der Waals surface area contributed by atoms with E-state index >= 15 is 0 Å². The van der Waals surface area contributed by atoms with Gasteiger partial charge < -0.3 is 20.3 Å². The molecule has 1 atom stereocenters. The van der Waals surface area contributed by atoms with E-state index in [9.17, 15) is 13.6 Å². The van der Waals surface area contributed by atoms with Crippen LogP contribution in [0.25, 0.3) is 0 Å². The summed E-state index contributed by atoms with van der Waals surface area (Å²) >= 11 is -2.18. The second-order valence-electron chi connectivity index (χ2n) is 2.97. The van der Waals surface area contributed by atoms with Gasteiger partial charge in [0.1, 0.15) is 5.75 Å². The fraction of sp³-hybridized carbons (Fsp3) is 0.222. The third-order valence-corrected chi connectivity index (χ3v) is 2.38. The van der Waals surface area contributed by atoms with E-state index in [1.54, 1.807) is 12.1 Å². The van der Waals surface area contributed by atoms with Crippen LogP contribution in [0.5, 0.6) is 5.75 Å². The number of benzene rings is 1. The fourth-order valence-electron chi connectivity index (χ4n) is 1.21. The molecule has 0 fully saturated rings. The van der Waals surface area contributed by atoms with Crippen LogP contribution in [-0.4, -0.2) is 21.9 Å². The van der Waals surface area contributed by atoms with E-state index in [2.05, 4.69) is 5.32 Å². The summed E-state index contributed by atoms with van der Waals surface area (Å²) in [5, 5.41) is 2.35. The molecule has 0 heterocycles. The average molecular weight is 243 g/mol. The molecule has 6 nitrogen and oxygen atoms in total. The Morgan fingerprint density at radius 2 is 2.31 bits per heavy atom. The molecular formula is C9H11N2O4S-. The van der Waals surface area contributed by atoms with E-state index < -0.39 is 17.1 Å². The first kappa shape index (κ1) is 12.5. The zero-order valence-electron chi connectivity index (χ0n) is 8.56. The third kappa shape index (κ3) is 3.52. The lowest BCUT2D eigenvalue weighted by molar-refractivity contribution is 0.259. The molecule has 0 aliphatic rings. The fourth-order valence-corrected chi connectivity index (χ4v) is 1.66. The van der Waals surface area contributed by atoms with Crippen LogP contribution in [0.15, 0.2) is 18.2 Å². The van der Waals surface area contributed by atoms with Gasteiger partial charge in [-0.2, -0.15) is 0 Å². The number of hydrogen-bond acceptors (Lipinski definition) is 4. The predicted molar refractivity (Wildman–Crippen MR) is 58.8 cm³/mol. The van der Waals surface area contributed by atoms with E-state index in [0.717, 1.165) is 0 Å². The first-order valence-electron chi connectivity index (χ1n) is 4.32. The molecule has 1 rings (SSSR count). The standard InChI is InChI=1S/C9H12N2O4S/c1-15-8-3-2-6(5-16(13)14)4-7(8)11-9(10)12/h2-4H,5H2,1H3,(H,13,14)(H3,10,11,12)/p-1. The van der Waals surface area contributed by atoms with E-state index in [1.165, 1.54) is 13.2 Å². The van der Waals surface area contributed by atoms with Gasteiger partial charge in [0.05, 0.1) is 12.8 Å². The number of anilines is 1. The van der Waals surface area contributed by atoms with Gasteiger partial charge in [-0.05, 0) is 17.7 Å². The van der Waals surface area contributed by atoms with Crippen molar-refractivity contribution >= 4 is 22.8 Å². The van der Waals surface area contributed by atoms with Crippen LogP contribution < -0.4 is 15.8 Å². The summed E-state index contributed by atoms with van der Waals surface area (Å²) < 4.78 is 26.0. The predicted octanol–water partition coefficient (Wildman–Crippen LogP) is 0.565. The third-order valence-electron chi connectivity index (χ3n) is 1.81. The summed E-state index contributed by atoms with van der Waals surface area (Å²) in [6, 6.07) is 3.92.